The molecule has 4 heteroatoms. The molecule has 17 heavy (non-hydrogen) atoms. The number of nitrogens with one attached hydrogen (secondary N) is 1. The Kier molecular flexibility index (Phi) is 3.69. The van der Waals surface area contributed by atoms with Crippen LogP contribution >= 0.6 is 22.9 Å². The van der Waals surface area contributed by atoms with Crippen molar-refractivity contribution in [1.29, 1.82) is 0 Å². The first-order valence-electron chi connectivity index (χ1n) is 5.33. The Balaban J connectivity index is 2.15. The normalized spacial score (nSPS) is 12.5. The second-order valence-electron chi connectivity index (χ2n) is 4.03. The smallest absolute Gasteiger partial charge is 0.146 e. The van der Waals surface area contributed by atoms with Crippen LogP contribution in [-0.2, 0) is 0 Å². The lowest BCUT2D eigenvalue weighted by molar-refractivity contribution is 0.626. The fourth-order valence-electron chi connectivity index (χ4n) is 1.60. The van der Waals surface area contributed by atoms with Crippen molar-refractivity contribution in [2.75, 3.05) is 5.32 Å². The van der Waals surface area contributed by atoms with Crippen LogP contribution in [0.3, 0.4) is 0 Å². The van der Waals surface area contributed by atoms with Crippen LogP contribution in [0.4, 0.5) is 10.1 Å². The first kappa shape index (κ1) is 12.4. The van der Waals surface area contributed by atoms with Gasteiger partial charge in [-0.2, -0.15) is 0 Å². The van der Waals surface area contributed by atoms with Crippen molar-refractivity contribution in [3.8, 4) is 0 Å². The molecule has 0 saturated heterocycles. The molecule has 0 aliphatic rings. The van der Waals surface area contributed by atoms with Crippen molar-refractivity contribution in [3.63, 3.8) is 0 Å². The molecule has 1 aromatic carbocycles. The zero-order valence-electron chi connectivity index (χ0n) is 9.63. The van der Waals surface area contributed by atoms with Crippen LogP contribution in [0.25, 0.3) is 0 Å². The maximum atomic E-state index is 13.6. The molecule has 0 aliphatic carbocycles. The highest BCUT2D eigenvalue weighted by Crippen LogP contribution is 2.28. The molecule has 0 amide bonds. The summed E-state index contributed by atoms with van der Waals surface area (Å²) in [5, 5.41) is 5.12. The zero-order valence-corrected chi connectivity index (χ0v) is 11.2. The molecule has 0 aliphatic heterocycles. The summed E-state index contributed by atoms with van der Waals surface area (Å²) in [6.45, 7) is 3.85. The van der Waals surface area contributed by atoms with Crippen LogP contribution in [-0.4, -0.2) is 0 Å². The van der Waals surface area contributed by atoms with E-state index in [0.29, 0.717) is 5.69 Å². The lowest BCUT2D eigenvalue weighted by Crippen LogP contribution is -2.07. The molecule has 1 aromatic heterocycles. The summed E-state index contributed by atoms with van der Waals surface area (Å²) in [6.07, 6.45) is 0. The third-order valence-corrected chi connectivity index (χ3v) is 3.69. The van der Waals surface area contributed by atoms with Gasteiger partial charge >= 0.3 is 0 Å². The number of thiophene rings is 1. The van der Waals surface area contributed by atoms with Gasteiger partial charge in [0, 0.05) is 6.04 Å². The first-order chi connectivity index (χ1) is 8.06. The Hall–Kier alpha value is -1.06. The second kappa shape index (κ2) is 5.07. The van der Waals surface area contributed by atoms with E-state index >= 15 is 0 Å². The highest BCUT2D eigenvalue weighted by atomic mass is 35.5. The summed E-state index contributed by atoms with van der Waals surface area (Å²) in [7, 11) is 0. The van der Waals surface area contributed by atoms with E-state index in [1.54, 1.807) is 6.07 Å². The van der Waals surface area contributed by atoms with Crippen molar-refractivity contribution in [1.82, 2.24) is 0 Å². The molecule has 1 nitrogen and oxygen atoms in total. The predicted octanol–water partition coefficient (Wildman–Crippen LogP) is 5.02. The number of aryl methyl sites for hydroxylation is 1. The van der Waals surface area contributed by atoms with Gasteiger partial charge in [-0.15, -0.1) is 11.3 Å². The topological polar surface area (TPSA) is 12.0 Å². The summed E-state index contributed by atoms with van der Waals surface area (Å²) in [5.74, 6) is -0.224. The van der Waals surface area contributed by atoms with Gasteiger partial charge in [0.15, 0.2) is 0 Å². The number of rotatable bonds is 3. The Labute approximate surface area is 109 Å². The Bertz CT molecular complexity index is 524. The van der Waals surface area contributed by atoms with Gasteiger partial charge in [0.05, 0.1) is 10.0 Å². The first-order valence-corrected chi connectivity index (χ1v) is 6.58. The van der Waals surface area contributed by atoms with Crippen LogP contribution in [0.1, 0.15) is 24.1 Å². The number of hydrogen-bond donors (Lipinski definition) is 1. The van der Waals surface area contributed by atoms with E-state index in [9.17, 15) is 4.39 Å². The summed E-state index contributed by atoms with van der Waals surface area (Å²) in [5.41, 5.74) is 2.50. The molecule has 1 unspecified atom stereocenters. The van der Waals surface area contributed by atoms with Crippen LogP contribution in [0.5, 0.6) is 0 Å². The molecule has 0 fully saturated rings. The van der Waals surface area contributed by atoms with Crippen molar-refractivity contribution in [3.05, 3.63) is 50.9 Å². The summed E-state index contributed by atoms with van der Waals surface area (Å²) >= 11 is 7.36. The number of anilines is 1. The van der Waals surface area contributed by atoms with Gasteiger partial charge in [-0.1, -0.05) is 17.7 Å². The van der Waals surface area contributed by atoms with E-state index in [2.05, 4.69) is 5.32 Å². The Morgan fingerprint density at radius 2 is 2.12 bits per heavy atom. The van der Waals surface area contributed by atoms with Gasteiger partial charge in [0.1, 0.15) is 5.82 Å². The molecular weight excluding hydrogens is 257 g/mol. The lowest BCUT2D eigenvalue weighted by atomic mass is 10.1. The maximum absolute atomic E-state index is 13.6. The van der Waals surface area contributed by atoms with Gasteiger partial charge in [-0.25, -0.2) is 4.39 Å². The molecule has 0 bridgehead atoms. The number of halogens is 2. The largest absolute Gasteiger partial charge is 0.376 e. The third kappa shape index (κ3) is 2.99. The summed E-state index contributed by atoms with van der Waals surface area (Å²) < 4.78 is 14.4. The van der Waals surface area contributed by atoms with Crippen molar-refractivity contribution >= 4 is 28.6 Å². The minimum atomic E-state index is -0.224. The van der Waals surface area contributed by atoms with Gasteiger partial charge < -0.3 is 5.32 Å². The van der Waals surface area contributed by atoms with Gasteiger partial charge in [0.25, 0.3) is 0 Å². The molecule has 0 radical (unpaired) electrons. The molecule has 0 spiro atoms. The molecule has 2 aromatic rings. The highest BCUT2D eigenvalue weighted by molar-refractivity contribution is 7.14. The zero-order chi connectivity index (χ0) is 12.4. The van der Waals surface area contributed by atoms with E-state index in [1.807, 2.05) is 31.4 Å². The van der Waals surface area contributed by atoms with E-state index < -0.39 is 0 Å². The average molecular weight is 270 g/mol. The Morgan fingerprint density at radius 3 is 2.71 bits per heavy atom. The van der Waals surface area contributed by atoms with Crippen molar-refractivity contribution in [2.45, 2.75) is 19.9 Å². The quantitative estimate of drug-likeness (QED) is 0.825. The highest BCUT2D eigenvalue weighted by Gasteiger charge is 2.10. The van der Waals surface area contributed by atoms with Gasteiger partial charge in [0.2, 0.25) is 0 Å². The predicted molar refractivity (Wildman–Crippen MR) is 72.5 cm³/mol. The summed E-state index contributed by atoms with van der Waals surface area (Å²) in [4.78, 5) is 0. The van der Waals surface area contributed by atoms with Gasteiger partial charge in [-0.05, 0) is 48.6 Å². The molecule has 0 saturated carbocycles. The standard InChI is InChI=1S/C13H13ClFNS/c1-8-3-4-12(11(15)5-8)16-9(2)10-6-13(14)17-7-10/h3-7,9,16H,1-2H3. The van der Waals surface area contributed by atoms with Crippen molar-refractivity contribution < 1.29 is 4.39 Å². The minimum absolute atomic E-state index is 0.0379. The molecule has 1 atom stereocenters. The van der Waals surface area contributed by atoms with Crippen molar-refractivity contribution in [2.24, 2.45) is 0 Å². The number of hydrogen-bond acceptors (Lipinski definition) is 2. The molecule has 1 N–H and O–H groups in total. The van der Waals surface area contributed by atoms with E-state index in [-0.39, 0.29) is 11.9 Å². The van der Waals surface area contributed by atoms with Crippen LogP contribution < -0.4 is 5.32 Å². The summed E-state index contributed by atoms with van der Waals surface area (Å²) in [6, 6.07) is 7.11. The third-order valence-electron chi connectivity index (χ3n) is 2.58. The Morgan fingerprint density at radius 1 is 1.35 bits per heavy atom. The number of benzene rings is 1. The van der Waals surface area contributed by atoms with Crippen LogP contribution in [0.15, 0.2) is 29.6 Å². The second-order valence-corrected chi connectivity index (χ2v) is 5.58. The fraction of sp³-hybridized carbons (Fsp3) is 0.231. The average Bonchev–Trinajstić information content (AvgIpc) is 2.69. The van der Waals surface area contributed by atoms with E-state index in [4.69, 9.17) is 11.6 Å². The van der Waals surface area contributed by atoms with E-state index in [0.717, 1.165) is 15.5 Å². The minimum Gasteiger partial charge on any atom is -0.376 e. The van der Waals surface area contributed by atoms with Crippen LogP contribution in [0, 0.1) is 12.7 Å². The lowest BCUT2D eigenvalue weighted by Gasteiger charge is -2.14. The molecule has 2 rings (SSSR count). The molecule has 1 heterocycles. The van der Waals surface area contributed by atoms with E-state index in [1.165, 1.54) is 17.4 Å². The molecule has 90 valence electrons. The fourth-order valence-corrected chi connectivity index (χ4v) is 2.59. The maximum Gasteiger partial charge on any atom is 0.146 e. The van der Waals surface area contributed by atoms with Crippen LogP contribution in [0.2, 0.25) is 4.34 Å². The monoisotopic (exact) mass is 269 g/mol. The SMILES string of the molecule is Cc1ccc(NC(C)c2csc(Cl)c2)c(F)c1. The molecular formula is C13H13ClFNS. The van der Waals surface area contributed by atoms with Gasteiger partial charge in [-0.3, -0.25) is 0 Å².